The van der Waals surface area contributed by atoms with Crippen LogP contribution in [0.2, 0.25) is 19.6 Å². The fourth-order valence-corrected chi connectivity index (χ4v) is 1.75. The first-order chi connectivity index (χ1) is 7.87. The molecule has 0 atom stereocenters. The van der Waals surface area contributed by atoms with Gasteiger partial charge in [-0.25, -0.2) is 0 Å². The van der Waals surface area contributed by atoms with E-state index in [9.17, 15) is 4.79 Å². The molecule has 0 aliphatic rings. The van der Waals surface area contributed by atoms with Gasteiger partial charge in [0.05, 0.1) is 12.7 Å². The van der Waals surface area contributed by atoms with Crippen LogP contribution in [0.15, 0.2) is 12.1 Å². The van der Waals surface area contributed by atoms with Crippen molar-refractivity contribution < 1.29 is 9.53 Å². The van der Waals surface area contributed by atoms with Gasteiger partial charge in [-0.15, -0.1) is 5.54 Å². The fraction of sp³-hybridized carbons (Fsp3) is 0.308. The van der Waals surface area contributed by atoms with Gasteiger partial charge in [0.2, 0.25) is 0 Å². The Kier molecular flexibility index (Phi) is 3.97. The Morgan fingerprint density at radius 1 is 1.35 bits per heavy atom. The number of ether oxygens (including phenoxy) is 1. The third-order valence-electron chi connectivity index (χ3n) is 2.10. The third kappa shape index (κ3) is 3.65. The van der Waals surface area contributed by atoms with Gasteiger partial charge >= 0.3 is 0 Å². The number of carbonyl (C=O) groups excluding carboxylic acids is 1. The Balaban J connectivity index is 3.30. The molecule has 2 N–H and O–H groups in total. The molecule has 4 heteroatoms. The Labute approximate surface area is 103 Å². The highest BCUT2D eigenvalue weighted by Gasteiger charge is 2.10. The van der Waals surface area contributed by atoms with E-state index in [1.807, 2.05) is 0 Å². The van der Waals surface area contributed by atoms with E-state index >= 15 is 0 Å². The average molecular weight is 247 g/mol. The van der Waals surface area contributed by atoms with Crippen molar-refractivity contribution in [3.05, 3.63) is 23.3 Å². The molecule has 1 aromatic rings. The summed E-state index contributed by atoms with van der Waals surface area (Å²) >= 11 is 0. The van der Waals surface area contributed by atoms with Crippen molar-refractivity contribution in [2.75, 3.05) is 12.8 Å². The summed E-state index contributed by atoms with van der Waals surface area (Å²) in [7, 11) is 0.111. The Bertz CT molecular complexity index is 493. The van der Waals surface area contributed by atoms with Crippen LogP contribution in [0.4, 0.5) is 5.69 Å². The number of hydrogen-bond donors (Lipinski definition) is 1. The molecule has 0 saturated heterocycles. The molecule has 3 nitrogen and oxygen atoms in total. The topological polar surface area (TPSA) is 52.3 Å². The smallest absolute Gasteiger partial charge is 0.152 e. The Hall–Kier alpha value is -1.73. The molecule has 0 aliphatic heterocycles. The molecule has 1 aromatic carbocycles. The zero-order chi connectivity index (χ0) is 13.1. The molecule has 0 spiro atoms. The Morgan fingerprint density at radius 2 is 2.00 bits per heavy atom. The molecule has 0 saturated carbocycles. The maximum atomic E-state index is 10.8. The van der Waals surface area contributed by atoms with E-state index in [1.165, 1.54) is 0 Å². The molecule has 0 aromatic heterocycles. The SMILES string of the molecule is COc1cc(N)c(C=O)cc1C#C[Si](C)(C)C. The zero-order valence-electron chi connectivity index (χ0n) is 10.6. The van der Waals surface area contributed by atoms with Crippen LogP contribution in [0.3, 0.4) is 0 Å². The number of hydrogen-bond acceptors (Lipinski definition) is 3. The van der Waals surface area contributed by atoms with Crippen molar-refractivity contribution in [1.29, 1.82) is 0 Å². The van der Waals surface area contributed by atoms with E-state index in [-0.39, 0.29) is 0 Å². The molecular formula is C13H17NO2Si. The van der Waals surface area contributed by atoms with Gasteiger partial charge in [-0.1, -0.05) is 25.6 Å². The molecule has 0 radical (unpaired) electrons. The first-order valence-corrected chi connectivity index (χ1v) is 8.83. The largest absolute Gasteiger partial charge is 0.495 e. The maximum absolute atomic E-state index is 10.8. The highest BCUT2D eigenvalue weighted by atomic mass is 28.3. The van der Waals surface area contributed by atoms with Gasteiger partial charge < -0.3 is 10.5 Å². The first-order valence-electron chi connectivity index (χ1n) is 5.33. The lowest BCUT2D eigenvalue weighted by Gasteiger charge is -2.08. The van der Waals surface area contributed by atoms with Gasteiger partial charge in [0.1, 0.15) is 13.8 Å². The number of benzene rings is 1. The summed E-state index contributed by atoms with van der Waals surface area (Å²) in [6.07, 6.45) is 0.731. The van der Waals surface area contributed by atoms with Gasteiger partial charge in [0.15, 0.2) is 6.29 Å². The van der Waals surface area contributed by atoms with E-state index in [4.69, 9.17) is 10.5 Å². The van der Waals surface area contributed by atoms with Gasteiger partial charge in [-0.3, -0.25) is 4.79 Å². The minimum absolute atomic E-state index is 0.412. The van der Waals surface area contributed by atoms with Crippen LogP contribution in [0.25, 0.3) is 0 Å². The number of nitrogens with two attached hydrogens (primary N) is 1. The average Bonchev–Trinajstić information content (AvgIpc) is 2.25. The second-order valence-corrected chi connectivity index (χ2v) is 9.55. The van der Waals surface area contributed by atoms with E-state index in [0.29, 0.717) is 22.6 Å². The molecule has 0 fully saturated rings. The standard InChI is InChI=1S/C13H17NO2Si/c1-16-13-8-12(14)11(9-15)7-10(13)5-6-17(2,3)4/h7-9H,14H2,1-4H3. The van der Waals surface area contributed by atoms with Crippen LogP contribution < -0.4 is 10.5 Å². The number of nitrogen functional groups attached to an aromatic ring is 1. The van der Waals surface area contributed by atoms with Gasteiger partial charge in [0.25, 0.3) is 0 Å². The molecule has 90 valence electrons. The molecule has 0 aliphatic carbocycles. The quantitative estimate of drug-likeness (QED) is 0.378. The molecule has 0 unspecified atom stereocenters. The highest BCUT2D eigenvalue weighted by Crippen LogP contribution is 2.23. The van der Waals surface area contributed by atoms with Crippen LogP contribution in [-0.4, -0.2) is 21.5 Å². The fourth-order valence-electron chi connectivity index (χ4n) is 1.24. The number of anilines is 1. The van der Waals surface area contributed by atoms with Crippen molar-refractivity contribution in [3.63, 3.8) is 0 Å². The predicted octanol–water partition coefficient (Wildman–Crippen LogP) is 2.32. The van der Waals surface area contributed by atoms with E-state index in [1.54, 1.807) is 19.2 Å². The summed E-state index contributed by atoms with van der Waals surface area (Å²) in [6.45, 7) is 6.47. The summed E-state index contributed by atoms with van der Waals surface area (Å²) in [5.74, 6) is 3.69. The summed E-state index contributed by atoms with van der Waals surface area (Å²) in [5.41, 5.74) is 10.5. The van der Waals surface area contributed by atoms with Crippen molar-refractivity contribution in [3.8, 4) is 17.2 Å². The van der Waals surface area contributed by atoms with Gasteiger partial charge in [-0.05, 0) is 6.07 Å². The van der Waals surface area contributed by atoms with E-state index in [0.717, 1.165) is 6.29 Å². The number of aldehydes is 1. The van der Waals surface area contributed by atoms with Crippen LogP contribution in [0, 0.1) is 11.5 Å². The summed E-state index contributed by atoms with van der Waals surface area (Å²) in [5, 5.41) is 0. The minimum Gasteiger partial charge on any atom is -0.495 e. The molecular weight excluding hydrogens is 230 g/mol. The Morgan fingerprint density at radius 3 is 2.47 bits per heavy atom. The number of methoxy groups -OCH3 is 1. The summed E-state index contributed by atoms with van der Waals surface area (Å²) in [6, 6.07) is 3.31. The molecule has 0 heterocycles. The van der Waals surface area contributed by atoms with E-state index in [2.05, 4.69) is 31.1 Å². The summed E-state index contributed by atoms with van der Waals surface area (Å²) in [4.78, 5) is 10.8. The van der Waals surface area contributed by atoms with Crippen LogP contribution >= 0.6 is 0 Å². The molecule has 17 heavy (non-hydrogen) atoms. The van der Waals surface area contributed by atoms with Crippen LogP contribution in [0.1, 0.15) is 15.9 Å². The van der Waals surface area contributed by atoms with Crippen LogP contribution in [-0.2, 0) is 0 Å². The minimum atomic E-state index is -1.45. The lowest BCUT2D eigenvalue weighted by molar-refractivity contribution is 0.112. The lowest BCUT2D eigenvalue weighted by atomic mass is 10.1. The van der Waals surface area contributed by atoms with Crippen LogP contribution in [0.5, 0.6) is 5.75 Å². The number of carbonyl (C=O) groups is 1. The number of rotatable bonds is 2. The summed E-state index contributed by atoms with van der Waals surface area (Å²) < 4.78 is 5.21. The molecule has 0 bridgehead atoms. The van der Waals surface area contributed by atoms with E-state index < -0.39 is 8.07 Å². The predicted molar refractivity (Wildman–Crippen MR) is 73.0 cm³/mol. The van der Waals surface area contributed by atoms with Crippen molar-refractivity contribution in [2.45, 2.75) is 19.6 Å². The second-order valence-electron chi connectivity index (χ2n) is 4.80. The monoisotopic (exact) mass is 247 g/mol. The first kappa shape index (κ1) is 13.3. The molecule has 1 rings (SSSR count). The second kappa shape index (κ2) is 5.06. The van der Waals surface area contributed by atoms with Gasteiger partial charge in [-0.2, -0.15) is 0 Å². The normalized spacial score (nSPS) is 10.4. The van der Waals surface area contributed by atoms with Crippen molar-refractivity contribution in [2.24, 2.45) is 0 Å². The third-order valence-corrected chi connectivity index (χ3v) is 2.98. The molecule has 0 amide bonds. The maximum Gasteiger partial charge on any atom is 0.152 e. The zero-order valence-corrected chi connectivity index (χ0v) is 11.6. The van der Waals surface area contributed by atoms with Crippen molar-refractivity contribution >= 4 is 20.0 Å². The highest BCUT2D eigenvalue weighted by molar-refractivity contribution is 6.83. The lowest BCUT2D eigenvalue weighted by Crippen LogP contribution is -2.16. The van der Waals surface area contributed by atoms with Crippen molar-refractivity contribution in [1.82, 2.24) is 0 Å². The van der Waals surface area contributed by atoms with Gasteiger partial charge in [0, 0.05) is 17.3 Å².